The van der Waals surface area contributed by atoms with Crippen LogP contribution >= 0.6 is 0 Å². The number of halogens is 1. The van der Waals surface area contributed by atoms with Gasteiger partial charge in [0, 0.05) is 24.2 Å². The van der Waals surface area contributed by atoms with Crippen LogP contribution in [-0.2, 0) is 27.4 Å². The lowest BCUT2D eigenvalue weighted by Gasteiger charge is -2.41. The number of amides is 2. The number of methoxy groups -OCH3 is 1. The van der Waals surface area contributed by atoms with Gasteiger partial charge in [-0.15, -0.1) is 0 Å². The molecule has 1 saturated carbocycles. The van der Waals surface area contributed by atoms with Gasteiger partial charge >= 0.3 is 0 Å². The Morgan fingerprint density at radius 2 is 1.94 bits per heavy atom. The first kappa shape index (κ1) is 35.8. The molecule has 2 aliphatic carbocycles. The molecule has 11 heteroatoms. The largest absolute Gasteiger partial charge is 0.493 e. The van der Waals surface area contributed by atoms with E-state index in [0.717, 1.165) is 19.3 Å². The van der Waals surface area contributed by atoms with E-state index in [9.17, 15) is 29.3 Å². The molecule has 7 atom stereocenters. The normalized spacial score (nSPS) is 26.3. The van der Waals surface area contributed by atoms with Gasteiger partial charge in [0.1, 0.15) is 24.6 Å². The maximum Gasteiger partial charge on any atom is 0.249 e. The summed E-state index contributed by atoms with van der Waals surface area (Å²) >= 11 is 0. The average Bonchev–Trinajstić information content (AvgIpc) is 3.46. The minimum atomic E-state index is -1.27. The number of ether oxygens (including phenoxy) is 3. The fraction of sp³-hybridized carbons (Fsp3) is 0.568. The SMILES string of the molecule is COc1cc(CO)cc2c1O[C@@H]1[C@@H](O)[C@H](N(CCc3cccc(F)c3)C(=O)CO[C@H]3C[C@@H](C)CC[C@@H]3C(C)C)C=C(C(=O)NCCO)[C@H]21. The molecule has 5 rings (SSSR count). The van der Waals surface area contributed by atoms with Crippen molar-refractivity contribution >= 4 is 11.8 Å². The predicted molar refractivity (Wildman–Crippen MR) is 177 cm³/mol. The van der Waals surface area contributed by atoms with Gasteiger partial charge in [-0.3, -0.25) is 9.59 Å². The number of carbonyl (C=O) groups excluding carboxylic acids is 2. The van der Waals surface area contributed by atoms with E-state index in [-0.39, 0.29) is 50.5 Å². The van der Waals surface area contributed by atoms with Crippen molar-refractivity contribution in [3.63, 3.8) is 0 Å². The minimum Gasteiger partial charge on any atom is -0.493 e. The van der Waals surface area contributed by atoms with Crippen LogP contribution in [0.5, 0.6) is 11.5 Å². The predicted octanol–water partition coefficient (Wildman–Crippen LogP) is 3.50. The van der Waals surface area contributed by atoms with Crippen LogP contribution in [0.25, 0.3) is 0 Å². The van der Waals surface area contributed by atoms with Crippen molar-refractivity contribution in [2.75, 3.05) is 33.4 Å². The molecule has 2 amide bonds. The molecule has 262 valence electrons. The van der Waals surface area contributed by atoms with Crippen molar-refractivity contribution in [3.8, 4) is 11.5 Å². The van der Waals surface area contributed by atoms with Crippen LogP contribution in [0.2, 0.25) is 0 Å². The summed E-state index contributed by atoms with van der Waals surface area (Å²) in [5, 5.41) is 34.1. The van der Waals surface area contributed by atoms with Gasteiger partial charge in [0.25, 0.3) is 0 Å². The number of hydrogen-bond acceptors (Lipinski definition) is 8. The molecule has 0 aromatic heterocycles. The highest BCUT2D eigenvalue weighted by molar-refractivity contribution is 5.96. The number of nitrogens with zero attached hydrogens (tertiary/aromatic N) is 1. The molecule has 0 saturated heterocycles. The zero-order chi connectivity index (χ0) is 34.5. The number of aliphatic hydroxyl groups is 3. The van der Waals surface area contributed by atoms with E-state index in [1.54, 1.807) is 30.3 Å². The molecule has 4 N–H and O–H groups in total. The van der Waals surface area contributed by atoms with Gasteiger partial charge in [0.15, 0.2) is 11.5 Å². The summed E-state index contributed by atoms with van der Waals surface area (Å²) in [6, 6.07) is 8.52. The van der Waals surface area contributed by atoms with E-state index in [2.05, 4.69) is 26.1 Å². The smallest absolute Gasteiger partial charge is 0.249 e. The maximum absolute atomic E-state index is 14.2. The maximum atomic E-state index is 14.2. The first-order valence-corrected chi connectivity index (χ1v) is 17.0. The lowest BCUT2D eigenvalue weighted by molar-refractivity contribution is -0.147. The van der Waals surface area contributed by atoms with Gasteiger partial charge in [0.2, 0.25) is 11.8 Å². The molecule has 0 bridgehead atoms. The summed E-state index contributed by atoms with van der Waals surface area (Å²) in [7, 11) is 1.47. The summed E-state index contributed by atoms with van der Waals surface area (Å²) in [6.45, 7) is 5.89. The third-order valence-electron chi connectivity index (χ3n) is 10.1. The van der Waals surface area contributed by atoms with E-state index in [4.69, 9.17) is 14.2 Å². The molecule has 3 aliphatic rings. The van der Waals surface area contributed by atoms with E-state index >= 15 is 0 Å². The third kappa shape index (κ3) is 7.70. The van der Waals surface area contributed by atoms with E-state index < -0.39 is 35.9 Å². The van der Waals surface area contributed by atoms with Crippen molar-refractivity contribution < 1.29 is 43.5 Å². The van der Waals surface area contributed by atoms with Gasteiger partial charge in [0.05, 0.1) is 38.4 Å². The average molecular weight is 669 g/mol. The second-order valence-corrected chi connectivity index (χ2v) is 13.7. The number of rotatable bonds is 13. The minimum absolute atomic E-state index is 0.00137. The van der Waals surface area contributed by atoms with E-state index in [0.29, 0.717) is 52.4 Å². The van der Waals surface area contributed by atoms with Gasteiger partial charge in [-0.1, -0.05) is 39.3 Å². The van der Waals surface area contributed by atoms with Crippen LogP contribution in [0.15, 0.2) is 48.0 Å². The highest BCUT2D eigenvalue weighted by atomic mass is 19.1. The lowest BCUT2D eigenvalue weighted by atomic mass is 9.75. The summed E-state index contributed by atoms with van der Waals surface area (Å²) in [5.41, 5.74) is 2.04. The third-order valence-corrected chi connectivity index (χ3v) is 10.1. The Hall–Kier alpha value is -3.51. The van der Waals surface area contributed by atoms with E-state index in [1.165, 1.54) is 24.1 Å². The first-order valence-electron chi connectivity index (χ1n) is 17.0. The van der Waals surface area contributed by atoms with Crippen molar-refractivity contribution in [2.45, 2.75) is 83.3 Å². The van der Waals surface area contributed by atoms with Gasteiger partial charge in [-0.05, 0) is 78.5 Å². The van der Waals surface area contributed by atoms with Gasteiger partial charge in [-0.2, -0.15) is 0 Å². The van der Waals surface area contributed by atoms with Crippen LogP contribution in [0, 0.1) is 23.6 Å². The standard InChI is InChI=1S/C37H49FN2O8/c1-21(2)26-9-8-22(3)14-30(26)47-20-32(43)40(12-10-23-6-5-7-25(38)15-23)29-18-28(37(45)39-11-13-41)33-27-16-24(19-42)17-31(46-4)35(27)48-36(33)34(29)44/h5-7,15-18,21-22,26,29-30,33-34,36,41-42,44H,8-14,19-20H2,1-4H3,(H,39,45)/t22-,26+,29+,30-,33-,34-,36-/m0/s1. The molecule has 0 spiro atoms. The fourth-order valence-corrected chi connectivity index (χ4v) is 7.57. The number of aliphatic hydroxyl groups excluding tert-OH is 3. The lowest BCUT2D eigenvalue weighted by Crippen LogP contribution is -2.57. The number of fused-ring (bicyclic) bond motifs is 3. The Balaban J connectivity index is 1.50. The van der Waals surface area contributed by atoms with Gasteiger partial charge < -0.3 is 39.7 Å². The molecule has 1 aliphatic heterocycles. The van der Waals surface area contributed by atoms with Crippen LogP contribution < -0.4 is 14.8 Å². The number of carbonyl (C=O) groups is 2. The number of benzene rings is 2. The zero-order valence-corrected chi connectivity index (χ0v) is 28.2. The summed E-state index contributed by atoms with van der Waals surface area (Å²) in [6.07, 6.45) is 2.57. The highest BCUT2D eigenvalue weighted by Gasteiger charge is 2.51. The van der Waals surface area contributed by atoms with Crippen LogP contribution in [0.3, 0.4) is 0 Å². The van der Waals surface area contributed by atoms with Crippen LogP contribution in [-0.4, -0.2) is 89.8 Å². The van der Waals surface area contributed by atoms with Crippen LogP contribution in [0.4, 0.5) is 4.39 Å². The summed E-state index contributed by atoms with van der Waals surface area (Å²) < 4.78 is 32.3. The molecular formula is C37H49FN2O8. The summed E-state index contributed by atoms with van der Waals surface area (Å²) in [4.78, 5) is 29.4. The second kappa shape index (κ2) is 15.8. The Kier molecular flexibility index (Phi) is 11.8. The zero-order valence-electron chi connectivity index (χ0n) is 28.2. The Bertz CT molecular complexity index is 1480. The van der Waals surface area contributed by atoms with Crippen molar-refractivity contribution in [3.05, 3.63) is 70.6 Å². The van der Waals surface area contributed by atoms with Gasteiger partial charge in [-0.25, -0.2) is 4.39 Å². The first-order chi connectivity index (χ1) is 23.1. The monoisotopic (exact) mass is 668 g/mol. The summed E-state index contributed by atoms with van der Waals surface area (Å²) in [5.74, 6) is -0.0893. The van der Waals surface area contributed by atoms with Crippen molar-refractivity contribution in [2.24, 2.45) is 17.8 Å². The molecular weight excluding hydrogens is 619 g/mol. The molecule has 1 fully saturated rings. The second-order valence-electron chi connectivity index (χ2n) is 13.7. The van der Waals surface area contributed by atoms with Crippen molar-refractivity contribution in [1.29, 1.82) is 0 Å². The molecule has 2 aromatic rings. The molecule has 1 heterocycles. The molecule has 10 nitrogen and oxygen atoms in total. The topological polar surface area (TPSA) is 138 Å². The number of nitrogens with one attached hydrogen (secondary N) is 1. The van der Waals surface area contributed by atoms with E-state index in [1.807, 2.05) is 0 Å². The number of hydrogen-bond donors (Lipinski definition) is 4. The van der Waals surface area contributed by atoms with Crippen LogP contribution in [0.1, 0.15) is 62.6 Å². The fourth-order valence-electron chi connectivity index (χ4n) is 7.57. The quantitative estimate of drug-likeness (QED) is 0.255. The Morgan fingerprint density at radius 3 is 2.62 bits per heavy atom. The Morgan fingerprint density at radius 1 is 1.15 bits per heavy atom. The molecule has 0 unspecified atom stereocenters. The molecule has 0 radical (unpaired) electrons. The Labute approximate surface area is 281 Å². The highest BCUT2D eigenvalue weighted by Crippen LogP contribution is 2.51. The molecule has 48 heavy (non-hydrogen) atoms. The molecule has 2 aromatic carbocycles. The van der Waals surface area contributed by atoms with Crippen molar-refractivity contribution in [1.82, 2.24) is 10.2 Å².